The van der Waals surface area contributed by atoms with Crippen molar-refractivity contribution in [1.82, 2.24) is 9.55 Å². The van der Waals surface area contributed by atoms with Crippen LogP contribution >= 0.6 is 11.6 Å². The summed E-state index contributed by atoms with van der Waals surface area (Å²) in [7, 11) is 1.58. The van der Waals surface area contributed by atoms with Crippen LogP contribution in [0.4, 0.5) is 4.39 Å². The largest absolute Gasteiger partial charge is 0.501 e. The molecule has 1 aliphatic heterocycles. The van der Waals surface area contributed by atoms with Gasteiger partial charge in [0.1, 0.15) is 0 Å². The molecule has 1 aliphatic rings. The third-order valence-corrected chi connectivity index (χ3v) is 4.26. The smallest absolute Gasteiger partial charge is 0.222 e. The van der Waals surface area contributed by atoms with Crippen molar-refractivity contribution in [2.24, 2.45) is 5.73 Å². The molecule has 2 aromatic rings. The number of ether oxygens (including phenoxy) is 1. The Labute approximate surface area is 137 Å². The summed E-state index contributed by atoms with van der Waals surface area (Å²) in [4.78, 5) is 15.1. The fraction of sp³-hybridized carbons (Fsp3) is 0.250. The topological polar surface area (TPSA) is 70.1 Å². The Morgan fingerprint density at radius 1 is 1.57 bits per heavy atom. The maximum absolute atomic E-state index is 14.1. The van der Waals surface area contributed by atoms with Gasteiger partial charge in [-0.05, 0) is 18.2 Å². The number of aromatic nitrogens is 2. The van der Waals surface area contributed by atoms with Gasteiger partial charge in [-0.2, -0.15) is 4.39 Å². The molecule has 0 unspecified atom stereocenters. The Morgan fingerprint density at radius 2 is 2.35 bits per heavy atom. The summed E-state index contributed by atoms with van der Waals surface area (Å²) in [6.45, 7) is 0.567. The molecule has 0 radical (unpaired) electrons. The zero-order valence-corrected chi connectivity index (χ0v) is 13.2. The van der Waals surface area contributed by atoms with Gasteiger partial charge in [0.05, 0.1) is 35.6 Å². The van der Waals surface area contributed by atoms with Gasteiger partial charge in [0.2, 0.25) is 11.9 Å². The first-order valence-corrected chi connectivity index (χ1v) is 7.45. The molecule has 0 atom stereocenters. The predicted molar refractivity (Wildman–Crippen MR) is 85.1 cm³/mol. The summed E-state index contributed by atoms with van der Waals surface area (Å²) in [5.74, 6) is -0.339. The summed E-state index contributed by atoms with van der Waals surface area (Å²) in [6, 6.07) is 3.25. The molecule has 1 amide bonds. The number of pyridine rings is 1. The average molecular weight is 336 g/mol. The van der Waals surface area contributed by atoms with Crippen molar-refractivity contribution >= 4 is 23.6 Å². The van der Waals surface area contributed by atoms with Gasteiger partial charge >= 0.3 is 0 Å². The van der Waals surface area contributed by atoms with Gasteiger partial charge in [-0.3, -0.25) is 4.79 Å². The molecule has 0 saturated heterocycles. The first kappa shape index (κ1) is 15.6. The highest BCUT2D eigenvalue weighted by Gasteiger charge is 2.27. The van der Waals surface area contributed by atoms with Crippen LogP contribution in [0.1, 0.15) is 17.7 Å². The third kappa shape index (κ3) is 2.70. The van der Waals surface area contributed by atoms with E-state index in [0.717, 1.165) is 11.5 Å². The quantitative estimate of drug-likeness (QED) is 0.873. The van der Waals surface area contributed by atoms with E-state index in [0.29, 0.717) is 34.8 Å². The minimum absolute atomic E-state index is 0.0243. The van der Waals surface area contributed by atoms with Crippen molar-refractivity contribution in [3.05, 3.63) is 46.3 Å². The highest BCUT2D eigenvalue weighted by Crippen LogP contribution is 2.40. The normalized spacial score (nSPS) is 13.4. The molecule has 0 bridgehead atoms. The molecule has 0 fully saturated rings. The van der Waals surface area contributed by atoms with Crippen molar-refractivity contribution < 1.29 is 13.9 Å². The molecule has 3 heterocycles. The molecular weight excluding hydrogens is 321 g/mol. The number of primary amides is 1. The highest BCUT2D eigenvalue weighted by atomic mass is 35.5. The fourth-order valence-corrected chi connectivity index (χ4v) is 3.20. The number of carbonyl (C=O) groups excluding carboxylic acids is 1. The number of nitrogens with two attached hydrogens (primary N) is 1. The van der Waals surface area contributed by atoms with E-state index in [1.807, 2.05) is 10.6 Å². The van der Waals surface area contributed by atoms with Gasteiger partial charge in [0, 0.05) is 30.4 Å². The van der Waals surface area contributed by atoms with Crippen molar-refractivity contribution in [2.75, 3.05) is 7.11 Å². The summed E-state index contributed by atoms with van der Waals surface area (Å²) in [5, 5.41) is 0.319. The number of carbonyl (C=O) groups is 1. The lowest BCUT2D eigenvalue weighted by atomic mass is 10.1. The maximum atomic E-state index is 14.1. The molecule has 0 aromatic carbocycles. The van der Waals surface area contributed by atoms with Gasteiger partial charge in [0.25, 0.3) is 0 Å². The molecule has 5 nitrogen and oxygen atoms in total. The fourth-order valence-electron chi connectivity index (χ4n) is 2.83. The van der Waals surface area contributed by atoms with E-state index in [9.17, 15) is 9.18 Å². The molecule has 3 rings (SSSR count). The lowest BCUT2D eigenvalue weighted by molar-refractivity contribution is -0.117. The monoisotopic (exact) mass is 335 g/mol. The Kier molecular flexibility index (Phi) is 4.09. The van der Waals surface area contributed by atoms with Crippen molar-refractivity contribution in [1.29, 1.82) is 0 Å². The van der Waals surface area contributed by atoms with Crippen LogP contribution < -0.4 is 5.73 Å². The van der Waals surface area contributed by atoms with E-state index in [-0.39, 0.29) is 6.42 Å². The minimum atomic E-state index is -0.609. The highest BCUT2D eigenvalue weighted by molar-refractivity contribution is 6.34. The van der Waals surface area contributed by atoms with E-state index >= 15 is 0 Å². The van der Waals surface area contributed by atoms with E-state index in [4.69, 9.17) is 22.1 Å². The van der Waals surface area contributed by atoms with Crippen LogP contribution in [0.3, 0.4) is 0 Å². The van der Waals surface area contributed by atoms with Crippen molar-refractivity contribution in [2.45, 2.75) is 19.4 Å². The lowest BCUT2D eigenvalue weighted by Crippen LogP contribution is -2.15. The van der Waals surface area contributed by atoms with Crippen molar-refractivity contribution in [3.63, 3.8) is 0 Å². The van der Waals surface area contributed by atoms with Crippen molar-refractivity contribution in [3.8, 4) is 11.3 Å². The van der Waals surface area contributed by atoms with Gasteiger partial charge < -0.3 is 15.0 Å². The Balaban J connectivity index is 2.26. The minimum Gasteiger partial charge on any atom is -0.501 e. The van der Waals surface area contributed by atoms with E-state index < -0.39 is 11.9 Å². The van der Waals surface area contributed by atoms with Crippen LogP contribution in [-0.2, 0) is 22.5 Å². The molecule has 0 aliphatic carbocycles. The predicted octanol–water partition coefficient (Wildman–Crippen LogP) is 2.76. The zero-order valence-electron chi connectivity index (χ0n) is 12.5. The molecule has 2 N–H and O–H groups in total. The number of nitrogens with zero attached hydrogens (tertiary/aromatic N) is 2. The number of fused-ring (bicyclic) bond motifs is 1. The number of halogens is 2. The molecule has 0 saturated carbocycles. The van der Waals surface area contributed by atoms with E-state index in [1.165, 1.54) is 6.20 Å². The standard InChI is InChI=1S/C16H15ClFN3O2/c1-23-9-4-6-21-12(7-9)11(8-13(19)22)14(17)15(21)10-3-2-5-20-16(10)18/h2-3,5,7H,4,6,8H2,1H3,(H2,19,22). The summed E-state index contributed by atoms with van der Waals surface area (Å²) in [6.07, 6.45) is 3.81. The summed E-state index contributed by atoms with van der Waals surface area (Å²) in [5.41, 5.74) is 7.42. The number of allylic oxidation sites excluding steroid dienone is 1. The number of hydrogen-bond donors (Lipinski definition) is 1. The second-order valence-corrected chi connectivity index (χ2v) is 5.61. The van der Waals surface area contributed by atoms with Gasteiger partial charge in [-0.15, -0.1) is 0 Å². The van der Waals surface area contributed by atoms with E-state index in [1.54, 1.807) is 19.2 Å². The van der Waals surface area contributed by atoms with Crippen LogP contribution in [0, 0.1) is 5.95 Å². The Morgan fingerprint density at radius 3 is 3.00 bits per heavy atom. The van der Waals surface area contributed by atoms with Gasteiger partial charge in [0.15, 0.2) is 0 Å². The molecule has 7 heteroatoms. The third-order valence-electron chi connectivity index (χ3n) is 3.85. The van der Waals surface area contributed by atoms with Crippen LogP contribution in [0.25, 0.3) is 17.3 Å². The molecule has 120 valence electrons. The average Bonchev–Trinajstić information content (AvgIpc) is 2.79. The first-order chi connectivity index (χ1) is 11.0. The number of methoxy groups -OCH3 is 1. The zero-order chi connectivity index (χ0) is 16.6. The van der Waals surface area contributed by atoms with E-state index in [2.05, 4.69) is 4.98 Å². The Bertz CT molecular complexity index is 814. The van der Waals surface area contributed by atoms with Crippen LogP contribution in [0.5, 0.6) is 0 Å². The summed E-state index contributed by atoms with van der Waals surface area (Å²) < 4.78 is 21.3. The van der Waals surface area contributed by atoms with Crippen LogP contribution in [0.2, 0.25) is 5.02 Å². The lowest BCUT2D eigenvalue weighted by Gasteiger charge is -2.18. The van der Waals surface area contributed by atoms with Crippen LogP contribution in [-0.4, -0.2) is 22.6 Å². The second kappa shape index (κ2) is 6.04. The first-order valence-electron chi connectivity index (χ1n) is 7.07. The number of amides is 1. The molecular formula is C16H15ClFN3O2. The number of rotatable bonds is 4. The van der Waals surface area contributed by atoms with Gasteiger partial charge in [-0.1, -0.05) is 11.6 Å². The molecule has 2 aromatic heterocycles. The maximum Gasteiger partial charge on any atom is 0.222 e. The summed E-state index contributed by atoms with van der Waals surface area (Å²) >= 11 is 6.47. The SMILES string of the molecule is COC1=Cc2c(CC(N)=O)c(Cl)c(-c3cccnc3F)n2CC1. The molecule has 23 heavy (non-hydrogen) atoms. The Hall–Kier alpha value is -2.34. The van der Waals surface area contributed by atoms with Crippen LogP contribution in [0.15, 0.2) is 24.1 Å². The number of hydrogen-bond acceptors (Lipinski definition) is 3. The molecule has 0 spiro atoms. The second-order valence-electron chi connectivity index (χ2n) is 5.23. The van der Waals surface area contributed by atoms with Gasteiger partial charge in [-0.25, -0.2) is 4.98 Å².